The summed E-state index contributed by atoms with van der Waals surface area (Å²) < 4.78 is 17.9. The standard InChI is InChI=1S/C11H8FNO3/c1-16-9-5-13-8-3-2-6(12)4-7(8)10(9)11(14)15/h2-5H,1H3,(H,14,15). The van der Waals surface area contributed by atoms with Gasteiger partial charge in [-0.2, -0.15) is 0 Å². The molecule has 2 rings (SSSR count). The average molecular weight is 221 g/mol. The Morgan fingerprint density at radius 3 is 2.88 bits per heavy atom. The molecule has 0 saturated heterocycles. The number of benzene rings is 1. The van der Waals surface area contributed by atoms with E-state index in [1.165, 1.54) is 25.4 Å². The number of hydrogen-bond donors (Lipinski definition) is 1. The summed E-state index contributed by atoms with van der Waals surface area (Å²) in [7, 11) is 1.34. The summed E-state index contributed by atoms with van der Waals surface area (Å²) in [5.74, 6) is -1.56. The molecule has 2 aromatic rings. The lowest BCUT2D eigenvalue weighted by Gasteiger charge is -2.07. The summed E-state index contributed by atoms with van der Waals surface area (Å²) in [5, 5.41) is 9.28. The zero-order chi connectivity index (χ0) is 11.7. The van der Waals surface area contributed by atoms with Gasteiger partial charge in [0.05, 0.1) is 18.8 Å². The maximum Gasteiger partial charge on any atom is 0.340 e. The minimum atomic E-state index is -1.17. The molecule has 82 valence electrons. The molecule has 1 aromatic heterocycles. The molecule has 0 aliphatic heterocycles. The fourth-order valence-corrected chi connectivity index (χ4v) is 1.52. The second-order valence-electron chi connectivity index (χ2n) is 3.17. The highest BCUT2D eigenvalue weighted by Crippen LogP contribution is 2.26. The van der Waals surface area contributed by atoms with Crippen LogP contribution in [0.2, 0.25) is 0 Å². The lowest BCUT2D eigenvalue weighted by molar-refractivity contribution is 0.0695. The molecule has 4 nitrogen and oxygen atoms in total. The van der Waals surface area contributed by atoms with Crippen molar-refractivity contribution in [2.24, 2.45) is 0 Å². The van der Waals surface area contributed by atoms with E-state index in [2.05, 4.69) is 4.98 Å². The molecule has 1 heterocycles. The first-order valence-electron chi connectivity index (χ1n) is 4.49. The molecule has 0 bridgehead atoms. The maximum atomic E-state index is 13.1. The third kappa shape index (κ3) is 1.56. The Morgan fingerprint density at radius 1 is 1.50 bits per heavy atom. The number of pyridine rings is 1. The number of nitrogens with zero attached hydrogens (tertiary/aromatic N) is 1. The Morgan fingerprint density at radius 2 is 2.25 bits per heavy atom. The summed E-state index contributed by atoms with van der Waals surface area (Å²) in [5.41, 5.74) is 0.339. The Kier molecular flexibility index (Phi) is 2.44. The van der Waals surface area contributed by atoms with Crippen molar-refractivity contribution < 1.29 is 19.0 Å². The van der Waals surface area contributed by atoms with Gasteiger partial charge in [0.15, 0.2) is 5.75 Å². The van der Waals surface area contributed by atoms with E-state index in [4.69, 9.17) is 9.84 Å². The summed E-state index contributed by atoms with van der Waals surface area (Å²) in [6.07, 6.45) is 1.31. The number of carbonyl (C=O) groups is 1. The third-order valence-electron chi connectivity index (χ3n) is 2.23. The predicted octanol–water partition coefficient (Wildman–Crippen LogP) is 2.08. The molecule has 5 heteroatoms. The number of aromatic nitrogens is 1. The van der Waals surface area contributed by atoms with Crippen LogP contribution < -0.4 is 4.74 Å². The van der Waals surface area contributed by atoms with E-state index in [0.717, 1.165) is 6.07 Å². The molecule has 1 aromatic carbocycles. The number of carboxylic acid groups (broad SMARTS) is 1. The van der Waals surface area contributed by atoms with Crippen molar-refractivity contribution in [3.05, 3.63) is 35.8 Å². The average Bonchev–Trinajstić information content (AvgIpc) is 2.26. The van der Waals surface area contributed by atoms with E-state index in [-0.39, 0.29) is 16.7 Å². The number of halogens is 1. The van der Waals surface area contributed by atoms with Gasteiger partial charge >= 0.3 is 5.97 Å². The van der Waals surface area contributed by atoms with E-state index in [1.807, 2.05) is 0 Å². The highest BCUT2D eigenvalue weighted by Gasteiger charge is 2.16. The van der Waals surface area contributed by atoms with Crippen molar-refractivity contribution in [3.63, 3.8) is 0 Å². The van der Waals surface area contributed by atoms with Gasteiger partial charge in [-0.3, -0.25) is 4.98 Å². The van der Waals surface area contributed by atoms with E-state index in [1.54, 1.807) is 0 Å². The first-order valence-corrected chi connectivity index (χ1v) is 4.49. The molecule has 0 spiro atoms. The molecule has 0 atom stereocenters. The number of aromatic carboxylic acids is 1. The monoisotopic (exact) mass is 221 g/mol. The third-order valence-corrected chi connectivity index (χ3v) is 2.23. The van der Waals surface area contributed by atoms with Gasteiger partial charge in [-0.25, -0.2) is 9.18 Å². The van der Waals surface area contributed by atoms with Crippen molar-refractivity contribution in [1.82, 2.24) is 4.98 Å². The lowest BCUT2D eigenvalue weighted by atomic mass is 10.1. The summed E-state index contributed by atoms with van der Waals surface area (Å²) >= 11 is 0. The number of hydrogen-bond acceptors (Lipinski definition) is 3. The number of fused-ring (bicyclic) bond motifs is 1. The van der Waals surface area contributed by atoms with Gasteiger partial charge in [0, 0.05) is 5.39 Å². The van der Waals surface area contributed by atoms with Crippen LogP contribution in [0.25, 0.3) is 10.9 Å². The molecule has 16 heavy (non-hydrogen) atoms. The molecular weight excluding hydrogens is 213 g/mol. The van der Waals surface area contributed by atoms with Crippen LogP contribution in [0.3, 0.4) is 0 Å². The van der Waals surface area contributed by atoms with Crippen molar-refractivity contribution in [2.75, 3.05) is 7.11 Å². The minimum absolute atomic E-state index is 0.0769. The Labute approximate surface area is 90.3 Å². The zero-order valence-corrected chi connectivity index (χ0v) is 8.40. The number of methoxy groups -OCH3 is 1. The maximum absolute atomic E-state index is 13.1. The van der Waals surface area contributed by atoms with Crippen molar-refractivity contribution in [1.29, 1.82) is 0 Å². The fourth-order valence-electron chi connectivity index (χ4n) is 1.52. The van der Waals surface area contributed by atoms with E-state index < -0.39 is 11.8 Å². The molecular formula is C11H8FNO3. The SMILES string of the molecule is COc1cnc2ccc(F)cc2c1C(=O)O. The molecule has 1 N–H and O–H groups in total. The van der Waals surface area contributed by atoms with Crippen LogP contribution in [0, 0.1) is 5.82 Å². The Hall–Kier alpha value is -2.17. The molecule has 0 radical (unpaired) electrons. The van der Waals surface area contributed by atoms with Crippen molar-refractivity contribution in [2.45, 2.75) is 0 Å². The van der Waals surface area contributed by atoms with Crippen molar-refractivity contribution in [3.8, 4) is 5.75 Å². The van der Waals surface area contributed by atoms with Crippen LogP contribution in [-0.2, 0) is 0 Å². The van der Waals surface area contributed by atoms with E-state index in [9.17, 15) is 9.18 Å². The Balaban J connectivity index is 2.87. The molecule has 0 aliphatic rings. The summed E-state index contributed by atoms with van der Waals surface area (Å²) in [6.45, 7) is 0. The number of carboxylic acids is 1. The largest absolute Gasteiger partial charge is 0.494 e. The fraction of sp³-hybridized carbons (Fsp3) is 0.0909. The second-order valence-corrected chi connectivity index (χ2v) is 3.17. The molecule has 0 unspecified atom stereocenters. The molecule has 0 fully saturated rings. The summed E-state index contributed by atoms with van der Waals surface area (Å²) in [6, 6.07) is 3.79. The van der Waals surface area contributed by atoms with Crippen LogP contribution in [0.4, 0.5) is 4.39 Å². The van der Waals surface area contributed by atoms with Crippen LogP contribution in [0.5, 0.6) is 5.75 Å². The van der Waals surface area contributed by atoms with Crippen LogP contribution >= 0.6 is 0 Å². The van der Waals surface area contributed by atoms with Crippen molar-refractivity contribution >= 4 is 16.9 Å². The van der Waals surface area contributed by atoms with Gasteiger partial charge in [-0.15, -0.1) is 0 Å². The first kappa shape index (κ1) is 10.4. The second kappa shape index (κ2) is 3.77. The van der Waals surface area contributed by atoms with Gasteiger partial charge in [-0.1, -0.05) is 0 Å². The predicted molar refractivity (Wildman–Crippen MR) is 55.2 cm³/mol. The quantitative estimate of drug-likeness (QED) is 0.843. The molecule has 0 aliphatic carbocycles. The highest BCUT2D eigenvalue weighted by atomic mass is 19.1. The van der Waals surface area contributed by atoms with Crippen LogP contribution in [0.1, 0.15) is 10.4 Å². The number of rotatable bonds is 2. The molecule has 0 amide bonds. The van der Waals surface area contributed by atoms with Gasteiger partial charge in [0.25, 0.3) is 0 Å². The van der Waals surface area contributed by atoms with Gasteiger partial charge in [0.2, 0.25) is 0 Å². The van der Waals surface area contributed by atoms with Gasteiger partial charge < -0.3 is 9.84 Å². The topological polar surface area (TPSA) is 59.4 Å². The minimum Gasteiger partial charge on any atom is -0.494 e. The van der Waals surface area contributed by atoms with Gasteiger partial charge in [-0.05, 0) is 18.2 Å². The highest BCUT2D eigenvalue weighted by molar-refractivity contribution is 6.04. The number of ether oxygens (including phenoxy) is 1. The summed E-state index contributed by atoms with van der Waals surface area (Å²) in [4.78, 5) is 15.1. The zero-order valence-electron chi connectivity index (χ0n) is 8.40. The van der Waals surface area contributed by atoms with Gasteiger partial charge in [0.1, 0.15) is 11.4 Å². The normalized spacial score (nSPS) is 10.4. The van der Waals surface area contributed by atoms with E-state index >= 15 is 0 Å². The van der Waals surface area contributed by atoms with Crippen LogP contribution in [0.15, 0.2) is 24.4 Å². The van der Waals surface area contributed by atoms with Crippen LogP contribution in [-0.4, -0.2) is 23.2 Å². The lowest BCUT2D eigenvalue weighted by Crippen LogP contribution is -2.03. The van der Waals surface area contributed by atoms with E-state index in [0.29, 0.717) is 5.52 Å². The first-order chi connectivity index (χ1) is 7.63. The molecule has 0 saturated carbocycles. The Bertz CT molecular complexity index is 568. The smallest absolute Gasteiger partial charge is 0.340 e.